The molecule has 198 valence electrons. The first kappa shape index (κ1) is 27.3. The van der Waals surface area contributed by atoms with Crippen molar-refractivity contribution in [2.24, 2.45) is 11.3 Å². The van der Waals surface area contributed by atoms with Crippen LogP contribution in [0, 0.1) is 22.7 Å². The van der Waals surface area contributed by atoms with Gasteiger partial charge in [0.15, 0.2) is 0 Å². The van der Waals surface area contributed by atoms with Crippen LogP contribution >= 0.6 is 11.6 Å². The van der Waals surface area contributed by atoms with Crippen LogP contribution in [0.1, 0.15) is 44.2 Å². The summed E-state index contributed by atoms with van der Waals surface area (Å²) < 4.78 is 5.43. The van der Waals surface area contributed by atoms with E-state index in [0.29, 0.717) is 43.3 Å². The van der Waals surface area contributed by atoms with Gasteiger partial charge in [0.25, 0.3) is 0 Å². The second kappa shape index (κ2) is 12.7. The SMILES string of the molecule is CN(C)C(=O)CNC1CCC(Cc2cc(-c3cccc(NCC4(C#N)CCOCC4)n3)c(Cl)cn2)CC1. The Labute approximate surface area is 224 Å². The first-order chi connectivity index (χ1) is 17.9. The fraction of sp³-hybridized carbons (Fsp3) is 0.571. The van der Waals surface area contributed by atoms with Crippen molar-refractivity contribution in [1.29, 1.82) is 5.26 Å². The average molecular weight is 525 g/mol. The van der Waals surface area contributed by atoms with Gasteiger partial charge in [0.1, 0.15) is 5.82 Å². The number of pyridine rings is 2. The number of aromatic nitrogens is 2. The second-order valence-electron chi connectivity index (χ2n) is 10.5. The van der Waals surface area contributed by atoms with E-state index >= 15 is 0 Å². The predicted molar refractivity (Wildman–Crippen MR) is 145 cm³/mol. The number of halogens is 1. The summed E-state index contributed by atoms with van der Waals surface area (Å²) in [5.41, 5.74) is 2.25. The summed E-state index contributed by atoms with van der Waals surface area (Å²) in [6, 6.07) is 10.8. The van der Waals surface area contributed by atoms with E-state index in [-0.39, 0.29) is 5.91 Å². The summed E-state index contributed by atoms with van der Waals surface area (Å²) in [6.45, 7) is 2.18. The van der Waals surface area contributed by atoms with Crippen LogP contribution in [0.4, 0.5) is 5.82 Å². The molecule has 0 radical (unpaired) electrons. The van der Waals surface area contributed by atoms with Gasteiger partial charge < -0.3 is 20.3 Å². The minimum absolute atomic E-state index is 0.112. The lowest BCUT2D eigenvalue weighted by Crippen LogP contribution is -2.40. The number of nitrogens with zero attached hydrogens (tertiary/aromatic N) is 4. The average Bonchev–Trinajstić information content (AvgIpc) is 2.93. The number of ether oxygens (including phenoxy) is 1. The van der Waals surface area contributed by atoms with Crippen molar-refractivity contribution in [3.63, 3.8) is 0 Å². The maximum absolute atomic E-state index is 11.8. The maximum atomic E-state index is 11.8. The maximum Gasteiger partial charge on any atom is 0.236 e. The molecule has 9 heteroatoms. The molecule has 0 spiro atoms. The van der Waals surface area contributed by atoms with E-state index in [1.165, 1.54) is 0 Å². The molecule has 8 nitrogen and oxygen atoms in total. The first-order valence-corrected chi connectivity index (χ1v) is 13.5. The van der Waals surface area contributed by atoms with Crippen molar-refractivity contribution in [2.45, 2.75) is 51.0 Å². The third-order valence-electron chi connectivity index (χ3n) is 7.62. The van der Waals surface area contributed by atoms with E-state index in [4.69, 9.17) is 21.3 Å². The smallest absolute Gasteiger partial charge is 0.236 e. The third kappa shape index (κ3) is 7.41. The number of rotatable bonds is 9. The molecule has 1 amide bonds. The van der Waals surface area contributed by atoms with E-state index in [2.05, 4.69) is 27.8 Å². The summed E-state index contributed by atoms with van der Waals surface area (Å²) in [4.78, 5) is 22.9. The van der Waals surface area contributed by atoms with Gasteiger partial charge in [0.05, 0.1) is 28.7 Å². The highest BCUT2D eigenvalue weighted by molar-refractivity contribution is 6.33. The van der Waals surface area contributed by atoms with E-state index in [1.54, 1.807) is 25.2 Å². The molecule has 1 aliphatic carbocycles. The van der Waals surface area contributed by atoms with Crippen LogP contribution in [0.3, 0.4) is 0 Å². The predicted octanol–water partition coefficient (Wildman–Crippen LogP) is 4.31. The van der Waals surface area contributed by atoms with E-state index in [1.807, 2.05) is 18.2 Å². The van der Waals surface area contributed by atoms with Crippen molar-refractivity contribution in [1.82, 2.24) is 20.2 Å². The van der Waals surface area contributed by atoms with Gasteiger partial charge in [-0.2, -0.15) is 5.26 Å². The number of anilines is 1. The van der Waals surface area contributed by atoms with Gasteiger partial charge in [0.2, 0.25) is 5.91 Å². The van der Waals surface area contributed by atoms with Crippen molar-refractivity contribution in [2.75, 3.05) is 45.7 Å². The molecular weight excluding hydrogens is 488 g/mol. The van der Waals surface area contributed by atoms with Crippen LogP contribution < -0.4 is 10.6 Å². The van der Waals surface area contributed by atoms with Crippen molar-refractivity contribution < 1.29 is 9.53 Å². The van der Waals surface area contributed by atoms with Gasteiger partial charge in [-0.1, -0.05) is 17.7 Å². The number of carbonyl (C=O) groups is 1. The Balaban J connectivity index is 1.35. The molecule has 1 saturated carbocycles. The van der Waals surface area contributed by atoms with Crippen LogP contribution in [0.25, 0.3) is 11.3 Å². The highest BCUT2D eigenvalue weighted by atomic mass is 35.5. The molecule has 0 atom stereocenters. The number of likely N-dealkylation sites (N-methyl/N-ethyl adjacent to an activating group) is 1. The number of amides is 1. The van der Waals surface area contributed by atoms with Gasteiger partial charge in [-0.05, 0) is 69.1 Å². The van der Waals surface area contributed by atoms with E-state index in [9.17, 15) is 10.1 Å². The van der Waals surface area contributed by atoms with Crippen molar-refractivity contribution >= 4 is 23.3 Å². The monoisotopic (exact) mass is 524 g/mol. The standard InChI is InChI=1S/C28H37ClN6O2/c1-35(2)27(36)17-32-21-8-6-20(7-9-21)14-22-15-23(24(29)16-31-22)25-4-3-5-26(34-25)33-19-28(18-30)10-12-37-13-11-28/h3-5,15-16,20-21,32H,6-14,17,19H2,1-2H3,(H,33,34). The Morgan fingerprint density at radius 1 is 1.24 bits per heavy atom. The van der Waals surface area contributed by atoms with Gasteiger partial charge in [0, 0.05) is 57.3 Å². The highest BCUT2D eigenvalue weighted by Crippen LogP contribution is 2.32. The van der Waals surface area contributed by atoms with Crippen molar-refractivity contribution in [3.05, 3.63) is 41.2 Å². The molecular formula is C28H37ClN6O2. The Bertz CT molecular complexity index is 1100. The van der Waals surface area contributed by atoms with Gasteiger partial charge >= 0.3 is 0 Å². The van der Waals surface area contributed by atoms with Crippen LogP contribution in [-0.2, 0) is 16.0 Å². The molecule has 2 N–H and O–H groups in total. The summed E-state index contributed by atoms with van der Waals surface area (Å²) in [5, 5.41) is 17.1. The summed E-state index contributed by atoms with van der Waals surface area (Å²) >= 11 is 6.55. The zero-order valence-corrected chi connectivity index (χ0v) is 22.6. The zero-order chi connectivity index (χ0) is 26.3. The quantitative estimate of drug-likeness (QED) is 0.503. The molecule has 3 heterocycles. The number of nitrogens with one attached hydrogen (secondary N) is 2. The van der Waals surface area contributed by atoms with Crippen LogP contribution in [0.5, 0.6) is 0 Å². The van der Waals surface area contributed by atoms with Gasteiger partial charge in [-0.25, -0.2) is 4.98 Å². The number of hydrogen-bond donors (Lipinski definition) is 2. The molecule has 0 bridgehead atoms. The van der Waals surface area contributed by atoms with Crippen LogP contribution in [-0.4, -0.2) is 67.2 Å². The lowest BCUT2D eigenvalue weighted by atomic mass is 9.82. The molecule has 0 unspecified atom stereocenters. The molecule has 2 aromatic heterocycles. The fourth-order valence-corrected chi connectivity index (χ4v) is 5.28. The molecule has 1 saturated heterocycles. The molecule has 2 aliphatic rings. The molecule has 0 aromatic carbocycles. The topological polar surface area (TPSA) is 103 Å². The van der Waals surface area contributed by atoms with Gasteiger partial charge in [-0.3, -0.25) is 9.78 Å². The second-order valence-corrected chi connectivity index (χ2v) is 10.9. The number of nitriles is 1. The highest BCUT2D eigenvalue weighted by Gasteiger charge is 2.32. The molecule has 4 rings (SSSR count). The Morgan fingerprint density at radius 2 is 2.00 bits per heavy atom. The Morgan fingerprint density at radius 3 is 2.70 bits per heavy atom. The lowest BCUT2D eigenvalue weighted by molar-refractivity contribution is -0.127. The molecule has 37 heavy (non-hydrogen) atoms. The van der Waals surface area contributed by atoms with Crippen LogP contribution in [0.2, 0.25) is 5.02 Å². The third-order valence-corrected chi connectivity index (χ3v) is 7.92. The first-order valence-electron chi connectivity index (χ1n) is 13.2. The minimum Gasteiger partial charge on any atom is -0.381 e. The Hall–Kier alpha value is -2.73. The van der Waals surface area contributed by atoms with Crippen molar-refractivity contribution in [3.8, 4) is 17.3 Å². The molecule has 2 aromatic rings. The summed E-state index contributed by atoms with van der Waals surface area (Å²) in [5.74, 6) is 1.40. The summed E-state index contributed by atoms with van der Waals surface area (Å²) in [7, 11) is 3.57. The summed E-state index contributed by atoms with van der Waals surface area (Å²) in [6.07, 6.45) is 8.42. The largest absolute Gasteiger partial charge is 0.381 e. The van der Waals surface area contributed by atoms with E-state index in [0.717, 1.165) is 67.7 Å². The zero-order valence-electron chi connectivity index (χ0n) is 21.8. The van der Waals surface area contributed by atoms with Gasteiger partial charge in [-0.15, -0.1) is 0 Å². The Kier molecular flexibility index (Phi) is 9.36. The van der Waals surface area contributed by atoms with E-state index < -0.39 is 5.41 Å². The fourth-order valence-electron chi connectivity index (χ4n) is 5.08. The minimum atomic E-state index is -0.423. The molecule has 1 aliphatic heterocycles. The normalized spacial score (nSPS) is 21.1. The lowest BCUT2D eigenvalue weighted by Gasteiger charge is -2.30. The number of carbonyl (C=O) groups excluding carboxylic acids is 1. The number of hydrogen-bond acceptors (Lipinski definition) is 7. The molecule has 2 fully saturated rings. The van der Waals surface area contributed by atoms with Crippen LogP contribution in [0.15, 0.2) is 30.5 Å².